The topological polar surface area (TPSA) is 61.5 Å². The number of carbonyl (C=O) groups excluding carboxylic acids is 1. The Labute approximate surface area is 219 Å². The molecule has 5 rings (SSSR count). The largest absolute Gasteiger partial charge is 0.468 e. The second-order valence-corrected chi connectivity index (χ2v) is 9.87. The molecule has 192 valence electrons. The summed E-state index contributed by atoms with van der Waals surface area (Å²) in [4.78, 5) is 26.0. The Morgan fingerprint density at radius 3 is 2.32 bits per heavy atom. The fourth-order valence-corrected chi connectivity index (χ4v) is 5.60. The second-order valence-electron chi connectivity index (χ2n) is 9.87. The molecule has 0 amide bonds. The maximum absolute atomic E-state index is 12.9. The highest BCUT2D eigenvalue weighted by Gasteiger charge is 2.39. The molecule has 1 saturated heterocycles. The smallest absolute Gasteiger partial charge is 0.316 e. The molecular weight excluding hydrogens is 460 g/mol. The number of carbonyl (C=O) groups is 1. The van der Waals surface area contributed by atoms with Gasteiger partial charge in [-0.25, -0.2) is 4.98 Å². The number of H-pyrrole nitrogens is 1. The van der Waals surface area contributed by atoms with Crippen LogP contribution in [-0.4, -0.2) is 60.7 Å². The normalized spacial score (nSPS) is 16.0. The van der Waals surface area contributed by atoms with Crippen molar-refractivity contribution in [2.75, 3.05) is 44.7 Å². The number of anilines is 1. The molecule has 0 bridgehead atoms. The number of hydrogen-bond acceptors (Lipinski definition) is 5. The molecule has 6 heteroatoms. The van der Waals surface area contributed by atoms with Gasteiger partial charge in [-0.15, -0.1) is 0 Å². The molecule has 1 fully saturated rings. The van der Waals surface area contributed by atoms with Gasteiger partial charge in [0.15, 0.2) is 0 Å². The van der Waals surface area contributed by atoms with Crippen LogP contribution in [-0.2, 0) is 14.9 Å². The Morgan fingerprint density at radius 1 is 0.946 bits per heavy atom. The molecule has 0 spiro atoms. The maximum Gasteiger partial charge on any atom is 0.316 e. The van der Waals surface area contributed by atoms with Gasteiger partial charge in [0.05, 0.1) is 23.6 Å². The first-order valence-corrected chi connectivity index (χ1v) is 13.3. The van der Waals surface area contributed by atoms with E-state index in [4.69, 9.17) is 9.72 Å². The summed E-state index contributed by atoms with van der Waals surface area (Å²) >= 11 is 0. The number of esters is 1. The number of hydrogen-bond donors (Lipinski definition) is 1. The number of piperazine rings is 1. The lowest BCUT2D eigenvalue weighted by Gasteiger charge is -2.37. The van der Waals surface area contributed by atoms with Crippen LogP contribution < -0.4 is 4.90 Å². The molecule has 3 aromatic carbocycles. The number of nitrogens with zero attached hydrogens (tertiary/aromatic N) is 3. The number of aromatic amines is 1. The predicted molar refractivity (Wildman–Crippen MR) is 150 cm³/mol. The first-order chi connectivity index (χ1) is 18.1. The number of para-hydroxylation sites is 2. The molecule has 0 aliphatic carbocycles. The van der Waals surface area contributed by atoms with Crippen LogP contribution in [0.4, 0.5) is 5.69 Å². The van der Waals surface area contributed by atoms with Crippen LogP contribution in [0.1, 0.15) is 31.7 Å². The summed E-state index contributed by atoms with van der Waals surface area (Å²) in [6.45, 7) is 7.12. The predicted octanol–water partition coefficient (Wildman–Crippen LogP) is 5.65. The molecule has 1 atom stereocenters. The van der Waals surface area contributed by atoms with Crippen molar-refractivity contribution in [2.24, 2.45) is 0 Å². The van der Waals surface area contributed by atoms with Gasteiger partial charge in [-0.3, -0.25) is 9.69 Å². The number of imidazole rings is 1. The van der Waals surface area contributed by atoms with Crippen LogP contribution in [0.3, 0.4) is 0 Å². The Bertz CT molecular complexity index is 1280. The number of fused-ring (bicyclic) bond motifs is 1. The van der Waals surface area contributed by atoms with E-state index in [0.717, 1.165) is 80.0 Å². The molecule has 1 N–H and O–H groups in total. The van der Waals surface area contributed by atoms with Gasteiger partial charge in [0, 0.05) is 37.4 Å². The first kappa shape index (κ1) is 25.0. The monoisotopic (exact) mass is 496 g/mol. The third-order valence-electron chi connectivity index (χ3n) is 7.85. The van der Waals surface area contributed by atoms with Gasteiger partial charge in [0.2, 0.25) is 0 Å². The summed E-state index contributed by atoms with van der Waals surface area (Å²) in [6, 6.07) is 26.9. The number of nitrogens with one attached hydrogen (secondary N) is 1. The van der Waals surface area contributed by atoms with Crippen LogP contribution >= 0.6 is 0 Å². The third kappa shape index (κ3) is 5.25. The fourth-order valence-electron chi connectivity index (χ4n) is 5.60. The van der Waals surface area contributed by atoms with Crippen LogP contribution in [0.5, 0.6) is 0 Å². The molecule has 37 heavy (non-hydrogen) atoms. The minimum absolute atomic E-state index is 0.128. The highest BCUT2D eigenvalue weighted by Crippen LogP contribution is 2.34. The molecule has 2 heterocycles. The summed E-state index contributed by atoms with van der Waals surface area (Å²) < 4.78 is 5.25. The summed E-state index contributed by atoms with van der Waals surface area (Å²) in [7, 11) is 1.50. The quantitative estimate of drug-likeness (QED) is 0.303. The average Bonchev–Trinajstić information content (AvgIpc) is 3.40. The van der Waals surface area contributed by atoms with Gasteiger partial charge in [-0.05, 0) is 67.8 Å². The van der Waals surface area contributed by atoms with Crippen molar-refractivity contribution in [1.82, 2.24) is 14.9 Å². The molecular formula is C31H36N4O2. The minimum Gasteiger partial charge on any atom is -0.468 e. The highest BCUT2D eigenvalue weighted by atomic mass is 16.5. The summed E-state index contributed by atoms with van der Waals surface area (Å²) in [5.74, 6) is 0.778. The Balaban J connectivity index is 1.15. The Morgan fingerprint density at radius 2 is 1.65 bits per heavy atom. The zero-order valence-corrected chi connectivity index (χ0v) is 21.8. The molecule has 0 saturated carbocycles. The van der Waals surface area contributed by atoms with Crippen LogP contribution in [0, 0.1) is 0 Å². The van der Waals surface area contributed by atoms with E-state index in [0.29, 0.717) is 0 Å². The standard InChI is InChI=1S/C31H36N4O2/c1-3-31(30(36)37-2,25-10-5-4-6-11-25)18-9-19-34-20-22-35(23-21-34)26-16-14-24(15-17-26)29-32-27-12-7-8-13-28(27)33-29/h4-8,10-17H,3,9,18-23H2,1-2H3,(H,32,33). The van der Waals surface area contributed by atoms with E-state index in [9.17, 15) is 4.79 Å². The lowest BCUT2D eigenvalue weighted by Crippen LogP contribution is -2.47. The van der Waals surface area contributed by atoms with Crippen molar-refractivity contribution in [3.05, 3.63) is 84.4 Å². The van der Waals surface area contributed by atoms with E-state index >= 15 is 0 Å². The Hall–Kier alpha value is -3.64. The number of ether oxygens (including phenoxy) is 1. The lowest BCUT2D eigenvalue weighted by atomic mass is 9.74. The molecule has 1 aliphatic heterocycles. The number of benzene rings is 3. The minimum atomic E-state index is -0.570. The lowest BCUT2D eigenvalue weighted by molar-refractivity contribution is -0.148. The zero-order valence-electron chi connectivity index (χ0n) is 21.8. The Kier molecular flexibility index (Phi) is 7.56. The zero-order chi connectivity index (χ0) is 25.7. The van der Waals surface area contributed by atoms with E-state index in [1.54, 1.807) is 0 Å². The van der Waals surface area contributed by atoms with Crippen LogP contribution in [0.25, 0.3) is 22.4 Å². The third-order valence-corrected chi connectivity index (χ3v) is 7.85. The number of rotatable bonds is 9. The van der Waals surface area contributed by atoms with Gasteiger partial charge in [-0.1, -0.05) is 49.4 Å². The summed E-state index contributed by atoms with van der Waals surface area (Å²) in [5, 5.41) is 0. The van der Waals surface area contributed by atoms with Gasteiger partial charge in [0.1, 0.15) is 5.82 Å². The van der Waals surface area contributed by atoms with Gasteiger partial charge < -0.3 is 14.6 Å². The van der Waals surface area contributed by atoms with Crippen molar-refractivity contribution in [2.45, 2.75) is 31.6 Å². The number of aromatic nitrogens is 2. The van der Waals surface area contributed by atoms with Crippen molar-refractivity contribution in [1.29, 1.82) is 0 Å². The van der Waals surface area contributed by atoms with E-state index < -0.39 is 5.41 Å². The summed E-state index contributed by atoms with van der Waals surface area (Å²) in [6.07, 6.45) is 2.50. The molecule has 0 radical (unpaired) electrons. The first-order valence-electron chi connectivity index (χ1n) is 13.3. The van der Waals surface area contributed by atoms with E-state index in [1.807, 2.05) is 36.4 Å². The van der Waals surface area contributed by atoms with Crippen LogP contribution in [0.2, 0.25) is 0 Å². The molecule has 1 aliphatic rings. The molecule has 4 aromatic rings. The van der Waals surface area contributed by atoms with Gasteiger partial charge in [0.25, 0.3) is 0 Å². The van der Waals surface area contributed by atoms with Crippen LogP contribution in [0.15, 0.2) is 78.9 Å². The van der Waals surface area contributed by atoms with Gasteiger partial charge >= 0.3 is 5.97 Å². The summed E-state index contributed by atoms with van der Waals surface area (Å²) in [5.41, 5.74) is 4.88. The SMILES string of the molecule is CCC(CCCN1CCN(c2ccc(-c3nc4ccccc4[nH]3)cc2)CC1)(C(=O)OC)c1ccccc1. The van der Waals surface area contributed by atoms with Gasteiger partial charge in [-0.2, -0.15) is 0 Å². The van der Waals surface area contributed by atoms with E-state index in [-0.39, 0.29) is 5.97 Å². The van der Waals surface area contributed by atoms with E-state index in [2.05, 4.69) is 64.2 Å². The van der Waals surface area contributed by atoms with Crippen molar-refractivity contribution < 1.29 is 9.53 Å². The van der Waals surface area contributed by atoms with Crippen molar-refractivity contribution in [3.8, 4) is 11.4 Å². The second kappa shape index (κ2) is 11.2. The highest BCUT2D eigenvalue weighted by molar-refractivity contribution is 5.83. The average molecular weight is 497 g/mol. The number of methoxy groups -OCH3 is 1. The van der Waals surface area contributed by atoms with Crippen molar-refractivity contribution >= 4 is 22.7 Å². The van der Waals surface area contributed by atoms with E-state index in [1.165, 1.54) is 12.8 Å². The van der Waals surface area contributed by atoms with Crippen molar-refractivity contribution in [3.63, 3.8) is 0 Å². The maximum atomic E-state index is 12.9. The molecule has 6 nitrogen and oxygen atoms in total. The fraction of sp³-hybridized carbons (Fsp3) is 0.355. The molecule has 1 unspecified atom stereocenters. The molecule has 1 aromatic heterocycles.